The summed E-state index contributed by atoms with van der Waals surface area (Å²) in [6, 6.07) is 8.25. The lowest BCUT2D eigenvalue weighted by molar-refractivity contribution is 0.0651. The SMILES string of the molecule is O=C(Nc1cccc(I)c1)c1cc(C(=O)O)on1. The molecule has 0 bridgehead atoms. The van der Waals surface area contributed by atoms with Crippen LogP contribution < -0.4 is 5.32 Å². The maximum absolute atomic E-state index is 11.7. The number of nitrogens with one attached hydrogen (secondary N) is 1. The molecule has 0 saturated heterocycles. The van der Waals surface area contributed by atoms with Crippen molar-refractivity contribution in [2.75, 3.05) is 5.32 Å². The van der Waals surface area contributed by atoms with Crippen molar-refractivity contribution in [3.63, 3.8) is 0 Å². The van der Waals surface area contributed by atoms with Crippen LogP contribution in [0.15, 0.2) is 34.9 Å². The van der Waals surface area contributed by atoms with Gasteiger partial charge in [-0.05, 0) is 40.8 Å². The molecule has 1 aromatic heterocycles. The number of hydrogen-bond donors (Lipinski definition) is 2. The van der Waals surface area contributed by atoms with Gasteiger partial charge in [0.2, 0.25) is 5.76 Å². The molecule has 0 aliphatic carbocycles. The van der Waals surface area contributed by atoms with E-state index in [1.165, 1.54) is 0 Å². The average Bonchev–Trinajstić information content (AvgIpc) is 2.78. The smallest absolute Gasteiger partial charge is 0.374 e. The van der Waals surface area contributed by atoms with Gasteiger partial charge in [-0.25, -0.2) is 4.79 Å². The first-order valence-electron chi connectivity index (χ1n) is 4.83. The molecular weight excluding hydrogens is 351 g/mol. The van der Waals surface area contributed by atoms with Gasteiger partial charge in [-0.1, -0.05) is 11.2 Å². The number of anilines is 1. The lowest BCUT2D eigenvalue weighted by atomic mass is 10.3. The second kappa shape index (κ2) is 5.17. The Balaban J connectivity index is 2.14. The molecule has 0 fully saturated rings. The van der Waals surface area contributed by atoms with E-state index in [-0.39, 0.29) is 11.5 Å². The first-order valence-corrected chi connectivity index (χ1v) is 5.91. The first kappa shape index (κ1) is 12.6. The number of aromatic carboxylic acids is 1. The minimum absolute atomic E-state index is 0.0775. The standard InChI is InChI=1S/C11H7IN2O4/c12-6-2-1-3-7(4-6)13-10(15)8-5-9(11(16)17)18-14-8/h1-5H,(H,13,15)(H,16,17). The van der Waals surface area contributed by atoms with Gasteiger partial charge in [0.15, 0.2) is 5.69 Å². The number of halogens is 1. The number of hydrogen-bond acceptors (Lipinski definition) is 4. The lowest BCUT2D eigenvalue weighted by Crippen LogP contribution is -2.12. The molecule has 2 N–H and O–H groups in total. The first-order chi connectivity index (χ1) is 8.56. The van der Waals surface area contributed by atoms with Gasteiger partial charge in [-0.15, -0.1) is 0 Å². The molecule has 0 radical (unpaired) electrons. The fourth-order valence-corrected chi connectivity index (χ4v) is 1.79. The zero-order valence-corrected chi connectivity index (χ0v) is 11.0. The lowest BCUT2D eigenvalue weighted by Gasteiger charge is -2.02. The van der Waals surface area contributed by atoms with Crippen LogP contribution in [0.4, 0.5) is 5.69 Å². The second-order valence-electron chi connectivity index (χ2n) is 3.35. The normalized spacial score (nSPS) is 10.1. The molecule has 0 aliphatic rings. The highest BCUT2D eigenvalue weighted by Crippen LogP contribution is 2.13. The molecule has 0 spiro atoms. The summed E-state index contributed by atoms with van der Waals surface area (Å²) in [5.41, 5.74) is 0.526. The molecule has 1 heterocycles. The Bertz CT molecular complexity index is 609. The van der Waals surface area contributed by atoms with Crippen molar-refractivity contribution in [3.8, 4) is 0 Å². The number of nitrogens with zero attached hydrogens (tertiary/aromatic N) is 1. The third-order valence-corrected chi connectivity index (χ3v) is 2.71. The van der Waals surface area contributed by atoms with E-state index >= 15 is 0 Å². The molecule has 0 aliphatic heterocycles. The van der Waals surface area contributed by atoms with E-state index in [9.17, 15) is 9.59 Å². The number of carbonyl (C=O) groups is 2. The van der Waals surface area contributed by atoms with E-state index in [0.29, 0.717) is 5.69 Å². The fourth-order valence-electron chi connectivity index (χ4n) is 1.24. The maximum atomic E-state index is 11.7. The molecule has 1 aromatic carbocycles. The number of aromatic nitrogens is 1. The Labute approximate surface area is 115 Å². The number of carboxylic acids is 1. The molecule has 1 amide bonds. The number of carboxylic acid groups (broad SMARTS) is 1. The number of rotatable bonds is 3. The monoisotopic (exact) mass is 358 g/mol. The van der Waals surface area contributed by atoms with Crippen molar-refractivity contribution in [1.29, 1.82) is 0 Å². The maximum Gasteiger partial charge on any atom is 0.374 e. The van der Waals surface area contributed by atoms with Crippen molar-refractivity contribution in [3.05, 3.63) is 45.4 Å². The van der Waals surface area contributed by atoms with Crippen molar-refractivity contribution in [1.82, 2.24) is 5.16 Å². The molecule has 92 valence electrons. The van der Waals surface area contributed by atoms with Crippen LogP contribution >= 0.6 is 22.6 Å². The number of benzene rings is 1. The highest BCUT2D eigenvalue weighted by Gasteiger charge is 2.16. The van der Waals surface area contributed by atoms with Gasteiger partial charge in [-0.2, -0.15) is 0 Å². The highest BCUT2D eigenvalue weighted by atomic mass is 127. The van der Waals surface area contributed by atoms with Gasteiger partial charge in [0, 0.05) is 15.3 Å². The summed E-state index contributed by atoms with van der Waals surface area (Å²) in [5.74, 6) is -2.16. The minimum Gasteiger partial charge on any atom is -0.475 e. The van der Waals surface area contributed by atoms with Crippen molar-refractivity contribution < 1.29 is 19.2 Å². The summed E-state index contributed by atoms with van der Waals surface area (Å²) in [5, 5.41) is 14.6. The molecule has 2 rings (SSSR count). The van der Waals surface area contributed by atoms with Crippen LogP contribution in [0.1, 0.15) is 21.0 Å². The average molecular weight is 358 g/mol. The van der Waals surface area contributed by atoms with E-state index < -0.39 is 11.9 Å². The highest BCUT2D eigenvalue weighted by molar-refractivity contribution is 14.1. The van der Waals surface area contributed by atoms with E-state index in [1.807, 2.05) is 6.07 Å². The van der Waals surface area contributed by atoms with E-state index in [4.69, 9.17) is 5.11 Å². The van der Waals surface area contributed by atoms with Crippen LogP contribution in [0.25, 0.3) is 0 Å². The van der Waals surface area contributed by atoms with Gasteiger partial charge < -0.3 is 14.9 Å². The van der Waals surface area contributed by atoms with Gasteiger partial charge in [-0.3, -0.25) is 4.79 Å². The predicted molar refractivity (Wildman–Crippen MR) is 70.6 cm³/mol. The molecule has 2 aromatic rings. The topological polar surface area (TPSA) is 92.4 Å². The minimum atomic E-state index is -1.27. The van der Waals surface area contributed by atoms with E-state index in [2.05, 4.69) is 37.6 Å². The fraction of sp³-hybridized carbons (Fsp3) is 0. The Morgan fingerprint density at radius 1 is 1.33 bits per heavy atom. The van der Waals surface area contributed by atoms with Crippen LogP contribution in [0.5, 0.6) is 0 Å². The zero-order chi connectivity index (χ0) is 13.1. The second-order valence-corrected chi connectivity index (χ2v) is 4.59. The van der Waals surface area contributed by atoms with Crippen molar-refractivity contribution in [2.24, 2.45) is 0 Å². The van der Waals surface area contributed by atoms with E-state index in [1.54, 1.807) is 18.2 Å². The Hall–Kier alpha value is -1.90. The number of amides is 1. The van der Waals surface area contributed by atoms with Gasteiger partial charge >= 0.3 is 5.97 Å². The summed E-state index contributed by atoms with van der Waals surface area (Å²) in [6.07, 6.45) is 0. The third-order valence-electron chi connectivity index (χ3n) is 2.04. The zero-order valence-electron chi connectivity index (χ0n) is 8.88. The van der Waals surface area contributed by atoms with Crippen molar-refractivity contribution in [2.45, 2.75) is 0 Å². The summed E-state index contributed by atoms with van der Waals surface area (Å²) < 4.78 is 5.47. The molecule has 18 heavy (non-hydrogen) atoms. The molecule has 7 heteroatoms. The largest absolute Gasteiger partial charge is 0.475 e. The van der Waals surface area contributed by atoms with Crippen LogP contribution in [0.3, 0.4) is 0 Å². The summed E-state index contributed by atoms with van der Waals surface area (Å²) >= 11 is 2.12. The Morgan fingerprint density at radius 2 is 2.11 bits per heavy atom. The Kier molecular flexibility index (Phi) is 3.60. The van der Waals surface area contributed by atoms with Crippen molar-refractivity contribution >= 4 is 40.2 Å². The third kappa shape index (κ3) is 2.86. The van der Waals surface area contributed by atoms with Crippen LogP contribution in [-0.4, -0.2) is 22.1 Å². The van der Waals surface area contributed by atoms with E-state index in [0.717, 1.165) is 9.64 Å². The van der Waals surface area contributed by atoms with Gasteiger partial charge in [0.05, 0.1) is 0 Å². The molecule has 0 atom stereocenters. The van der Waals surface area contributed by atoms with Crippen LogP contribution in [0, 0.1) is 3.57 Å². The van der Waals surface area contributed by atoms with Crippen LogP contribution in [-0.2, 0) is 0 Å². The van der Waals surface area contributed by atoms with Gasteiger partial charge in [0.1, 0.15) is 0 Å². The molecular formula is C11H7IN2O4. The van der Waals surface area contributed by atoms with Crippen LogP contribution in [0.2, 0.25) is 0 Å². The molecule has 6 nitrogen and oxygen atoms in total. The molecule has 0 saturated carbocycles. The summed E-state index contributed by atoms with van der Waals surface area (Å²) in [6.45, 7) is 0. The van der Waals surface area contributed by atoms with Gasteiger partial charge in [0.25, 0.3) is 5.91 Å². The number of carbonyl (C=O) groups excluding carboxylic acids is 1. The molecule has 0 unspecified atom stereocenters. The predicted octanol–water partition coefficient (Wildman–Crippen LogP) is 2.23. The quantitative estimate of drug-likeness (QED) is 0.821. The summed E-state index contributed by atoms with van der Waals surface area (Å²) in [4.78, 5) is 22.3. The Morgan fingerprint density at radius 3 is 2.72 bits per heavy atom. The summed E-state index contributed by atoms with van der Waals surface area (Å²) in [7, 11) is 0.